The molecule has 5 aromatic rings. The van der Waals surface area contributed by atoms with E-state index in [1.165, 1.54) is 78.5 Å². The van der Waals surface area contributed by atoms with Gasteiger partial charge in [0, 0.05) is 90.9 Å². The molecule has 0 radical (unpaired) electrons. The van der Waals surface area contributed by atoms with Crippen LogP contribution >= 0.6 is 0 Å². The smallest absolute Gasteiger partial charge is 0.272 e. The molecule has 32 heteroatoms. The highest BCUT2D eigenvalue weighted by atomic mass is 16.2. The Balaban J connectivity index is 1.06. The number of aliphatic imine (C=N–C) groups is 2. The zero-order chi connectivity index (χ0) is 62.1. The Kier molecular flexibility index (Phi) is 22.5. The molecule has 32 nitrogen and oxygen atoms in total. The molecule has 6 rings (SSSR count). The van der Waals surface area contributed by atoms with Crippen LogP contribution in [0.3, 0.4) is 0 Å². The number of hydrogen-bond acceptors (Lipinski definition) is 14. The largest absolute Gasteiger partial charge is 0.370 e. The lowest BCUT2D eigenvalue weighted by molar-refractivity contribution is -0.140. The number of nitrogens with one attached hydrogen (secondary N) is 8. The van der Waals surface area contributed by atoms with Crippen LogP contribution in [0.4, 0.5) is 22.7 Å². The van der Waals surface area contributed by atoms with Crippen LogP contribution in [-0.2, 0) is 58.6 Å². The first-order valence-corrected chi connectivity index (χ1v) is 27.4. The van der Waals surface area contributed by atoms with Crippen LogP contribution in [0.15, 0.2) is 71.6 Å². The summed E-state index contributed by atoms with van der Waals surface area (Å²) in [5.74, 6) is -5.63. The van der Waals surface area contributed by atoms with Crippen molar-refractivity contribution >= 4 is 87.8 Å². The van der Waals surface area contributed by atoms with E-state index in [2.05, 4.69) is 57.2 Å². The molecule has 1 aliphatic heterocycles. The molecule has 1 fully saturated rings. The van der Waals surface area contributed by atoms with Crippen LogP contribution in [0.5, 0.6) is 0 Å². The number of carbonyl (C=O) groups excluding carboxylic acids is 9. The Hall–Kier alpha value is -9.98. The molecule has 1 saturated heterocycles. The van der Waals surface area contributed by atoms with E-state index in [-0.39, 0.29) is 103 Å². The van der Waals surface area contributed by atoms with Gasteiger partial charge in [0.25, 0.3) is 23.6 Å². The second-order valence-electron chi connectivity index (χ2n) is 20.6. The van der Waals surface area contributed by atoms with Crippen LogP contribution < -0.4 is 77.4 Å². The number of hydrogen-bond donors (Lipinski definition) is 15. The summed E-state index contributed by atoms with van der Waals surface area (Å²) in [6.07, 6.45) is 12.2. The standard InChI is InChI=1S/C53H77N23O9/c1-72-24-30(65-44(78)36(10-5-6-14-54)70-45(79)37(12-8-16-63-53(59)60)71-46(80)38-13-9-17-76(38)51(85)34(55)18-29-23-61-28-64-29)19-39(72)47(81)66-31-20-40(73(2)25-31)48(82)67-32-21-41(74(3)26-32)49(83)68-33-22-42(75(4)27-33)50(84)69-35(43(56)77)11-7-15-62-52(57)58/h19-28,34-38H,5-18,54-55H2,1-4H3,(H2,56,77)(H,61,64)(H,65,78)(H,66,81)(H,67,82)(H,68,83)(H,69,84)(H,70,79)(H,71,80)(H4,57,58,62)(H4,59,60,63)/t34-,35-,36-,37-,38-/m0/s1. The molecule has 22 N–H and O–H groups in total. The summed E-state index contributed by atoms with van der Waals surface area (Å²) in [6.45, 7) is 0.994. The number of anilines is 4. The molecule has 0 aromatic carbocycles. The Morgan fingerprint density at radius 3 is 1.52 bits per heavy atom. The Labute approximate surface area is 488 Å². The number of amides is 9. The van der Waals surface area contributed by atoms with Crippen molar-refractivity contribution in [2.45, 2.75) is 94.4 Å². The number of aryl methyl sites for hydroxylation is 4. The van der Waals surface area contributed by atoms with Crippen molar-refractivity contribution in [1.82, 2.24) is 49.1 Å². The van der Waals surface area contributed by atoms with Gasteiger partial charge in [-0.05, 0) is 88.6 Å². The first-order chi connectivity index (χ1) is 40.4. The summed E-state index contributed by atoms with van der Waals surface area (Å²) in [5.41, 5.74) is 41.5. The van der Waals surface area contributed by atoms with E-state index in [1.807, 2.05) is 0 Å². The molecule has 0 saturated carbocycles. The van der Waals surface area contributed by atoms with E-state index < -0.39 is 83.4 Å². The van der Waals surface area contributed by atoms with Crippen molar-refractivity contribution in [3.63, 3.8) is 0 Å². The third kappa shape index (κ3) is 18.0. The van der Waals surface area contributed by atoms with Gasteiger partial charge in [0.2, 0.25) is 29.5 Å². The van der Waals surface area contributed by atoms with Crippen molar-refractivity contribution < 1.29 is 43.2 Å². The predicted octanol–water partition coefficient (Wildman–Crippen LogP) is -2.19. The minimum atomic E-state index is -1.17. The van der Waals surface area contributed by atoms with Gasteiger partial charge in [0.1, 0.15) is 46.9 Å². The average Bonchev–Trinajstić information content (AvgIpc) is 4.41. The molecule has 6 heterocycles. The zero-order valence-corrected chi connectivity index (χ0v) is 47.9. The minimum absolute atomic E-state index is 0.0735. The molecule has 5 aromatic heterocycles. The second-order valence-corrected chi connectivity index (χ2v) is 20.6. The molecule has 85 heavy (non-hydrogen) atoms. The quantitative estimate of drug-likeness (QED) is 0.0132. The van der Waals surface area contributed by atoms with Crippen molar-refractivity contribution in [2.75, 3.05) is 47.4 Å². The number of H-pyrrole nitrogens is 1. The van der Waals surface area contributed by atoms with Crippen molar-refractivity contribution in [2.24, 2.45) is 78.3 Å². The van der Waals surface area contributed by atoms with Crippen LogP contribution in [0.1, 0.15) is 105 Å². The highest BCUT2D eigenvalue weighted by Gasteiger charge is 2.38. The van der Waals surface area contributed by atoms with Gasteiger partial charge in [-0.1, -0.05) is 0 Å². The highest BCUT2D eigenvalue weighted by Crippen LogP contribution is 2.23. The maximum Gasteiger partial charge on any atom is 0.272 e. The SMILES string of the molecule is Cn1cc(NC(=O)c2cc(NC(=O)[C@H](CCCCN)NC(=O)[C@H](CCCN=C(N)N)NC(=O)[C@@H]3CCCN3C(=O)[C@@H](N)Cc3cnc[nH]3)cn2C)cc1C(=O)Nc1cc(C(=O)Nc2cc(C(=O)N[C@@H](CCCN=C(N)N)C(N)=O)n(C)c2)n(C)c1. The monoisotopic (exact) mass is 1180 g/mol. The second kappa shape index (κ2) is 29.8. The maximum absolute atomic E-state index is 14.1. The molecular formula is C53H77N23O9. The van der Waals surface area contributed by atoms with Gasteiger partial charge in [-0.15, -0.1) is 0 Å². The minimum Gasteiger partial charge on any atom is -0.370 e. The molecule has 9 amide bonds. The third-order valence-corrected chi connectivity index (χ3v) is 13.9. The van der Waals surface area contributed by atoms with Crippen LogP contribution in [0.2, 0.25) is 0 Å². The van der Waals surface area contributed by atoms with E-state index >= 15 is 0 Å². The van der Waals surface area contributed by atoms with Gasteiger partial charge in [-0.3, -0.25) is 53.1 Å². The lowest BCUT2D eigenvalue weighted by Crippen LogP contribution is -2.57. The van der Waals surface area contributed by atoms with E-state index in [0.717, 1.165) is 0 Å². The first-order valence-electron chi connectivity index (χ1n) is 27.4. The van der Waals surface area contributed by atoms with E-state index in [4.69, 9.17) is 40.1 Å². The fourth-order valence-corrected chi connectivity index (χ4v) is 9.58. The number of likely N-dealkylation sites (tertiary alicyclic amines) is 1. The van der Waals surface area contributed by atoms with Crippen molar-refractivity contribution in [3.05, 3.63) is 90.0 Å². The number of rotatable bonds is 30. The summed E-state index contributed by atoms with van der Waals surface area (Å²) in [5, 5.41) is 19.2. The summed E-state index contributed by atoms with van der Waals surface area (Å²) in [6, 6.07) is 0.620. The molecule has 0 bridgehead atoms. The van der Waals surface area contributed by atoms with Crippen molar-refractivity contribution in [3.8, 4) is 0 Å². The number of imidazole rings is 1. The molecule has 0 aliphatic carbocycles. The third-order valence-electron chi connectivity index (χ3n) is 13.9. The molecular weight excluding hydrogens is 1100 g/mol. The molecule has 5 atom stereocenters. The maximum atomic E-state index is 14.1. The normalized spacial score (nSPS) is 14.2. The average molecular weight is 1180 g/mol. The Bertz CT molecular complexity index is 3270. The number of primary amides is 1. The van der Waals surface area contributed by atoms with Gasteiger partial charge < -0.3 is 106 Å². The van der Waals surface area contributed by atoms with Gasteiger partial charge in [0.15, 0.2) is 11.9 Å². The highest BCUT2D eigenvalue weighted by molar-refractivity contribution is 6.09. The van der Waals surface area contributed by atoms with Gasteiger partial charge in [0.05, 0.1) is 35.1 Å². The number of nitrogens with zero attached hydrogens (tertiary/aromatic N) is 8. The molecule has 0 unspecified atom stereocenters. The van der Waals surface area contributed by atoms with E-state index in [1.54, 1.807) is 34.4 Å². The molecule has 1 aliphatic rings. The fraction of sp³-hybridized carbons (Fsp3) is 0.434. The Morgan fingerprint density at radius 1 is 0.600 bits per heavy atom. The van der Waals surface area contributed by atoms with Gasteiger partial charge in [-0.25, -0.2) is 4.98 Å². The number of nitrogens with two attached hydrogens (primary N) is 7. The summed E-state index contributed by atoms with van der Waals surface area (Å²) < 4.78 is 5.92. The molecule has 458 valence electrons. The van der Waals surface area contributed by atoms with Crippen molar-refractivity contribution in [1.29, 1.82) is 0 Å². The lowest BCUT2D eigenvalue weighted by atomic mass is 10.1. The topological polar surface area (TPSA) is 496 Å². The van der Waals surface area contributed by atoms with Crippen LogP contribution in [0, 0.1) is 0 Å². The lowest BCUT2D eigenvalue weighted by Gasteiger charge is -2.29. The predicted molar refractivity (Wildman–Crippen MR) is 316 cm³/mol. The number of unbranched alkanes of at least 4 members (excludes halogenated alkanes) is 1. The van der Waals surface area contributed by atoms with Crippen LogP contribution in [0.25, 0.3) is 0 Å². The number of aromatic nitrogens is 6. The van der Waals surface area contributed by atoms with Gasteiger partial charge >= 0.3 is 0 Å². The van der Waals surface area contributed by atoms with Crippen LogP contribution in [-0.4, -0.2) is 155 Å². The Morgan fingerprint density at radius 2 is 1.06 bits per heavy atom. The summed E-state index contributed by atoms with van der Waals surface area (Å²) >= 11 is 0. The molecule has 0 spiro atoms. The number of aromatic amines is 1. The first kappa shape index (κ1) is 64.2. The van der Waals surface area contributed by atoms with E-state index in [9.17, 15) is 43.2 Å². The van der Waals surface area contributed by atoms with E-state index in [0.29, 0.717) is 50.9 Å². The summed E-state index contributed by atoms with van der Waals surface area (Å²) in [4.78, 5) is 138. The zero-order valence-electron chi connectivity index (χ0n) is 47.9. The fourth-order valence-electron chi connectivity index (χ4n) is 9.58. The summed E-state index contributed by atoms with van der Waals surface area (Å²) in [7, 11) is 6.37. The number of carbonyl (C=O) groups is 9. The van der Waals surface area contributed by atoms with Gasteiger partial charge in [-0.2, -0.15) is 0 Å². The number of guanidine groups is 2.